The van der Waals surface area contributed by atoms with Crippen molar-refractivity contribution in [3.8, 4) is 11.5 Å². The van der Waals surface area contributed by atoms with Crippen LogP contribution in [0.3, 0.4) is 0 Å². The maximum absolute atomic E-state index is 9.50. The number of ether oxygens (including phenoxy) is 3. The average Bonchev–Trinajstić information content (AvgIpc) is 2.75. The van der Waals surface area contributed by atoms with Crippen LogP contribution in [0.1, 0.15) is 16.7 Å². The molecule has 4 heteroatoms. The number of aliphatic hydroxyl groups is 1. The summed E-state index contributed by atoms with van der Waals surface area (Å²) in [4.78, 5) is 0. The second kappa shape index (κ2) is 8.71. The molecule has 0 unspecified atom stereocenters. The normalized spacial score (nSPS) is 11.2. The first-order valence-corrected chi connectivity index (χ1v) is 8.84. The molecule has 27 heavy (non-hydrogen) atoms. The fraction of sp³-hybridized carbons (Fsp3) is 0.217. The van der Waals surface area contributed by atoms with Gasteiger partial charge in [-0.1, -0.05) is 60.7 Å². The summed E-state index contributed by atoms with van der Waals surface area (Å²) in [5, 5.41) is 9.50. The molecule has 4 nitrogen and oxygen atoms in total. The minimum atomic E-state index is -0.928. The lowest BCUT2D eigenvalue weighted by molar-refractivity contribution is -0.00774. The van der Waals surface area contributed by atoms with E-state index in [9.17, 15) is 5.11 Å². The minimum absolute atomic E-state index is 0.0834. The largest absolute Gasteiger partial charge is 0.497 e. The fourth-order valence-corrected chi connectivity index (χ4v) is 3.36. The first kappa shape index (κ1) is 19.0. The molecule has 0 amide bonds. The molecular weight excluding hydrogens is 340 g/mol. The highest BCUT2D eigenvalue weighted by atomic mass is 16.5. The van der Waals surface area contributed by atoms with Crippen LogP contribution in [-0.4, -0.2) is 32.5 Å². The summed E-state index contributed by atoms with van der Waals surface area (Å²) in [6, 6.07) is 25.6. The molecular formula is C23H24O4. The Hall–Kier alpha value is -2.82. The molecule has 3 rings (SSSR count). The lowest BCUT2D eigenvalue weighted by Crippen LogP contribution is -2.34. The minimum Gasteiger partial charge on any atom is -0.497 e. The van der Waals surface area contributed by atoms with Gasteiger partial charge < -0.3 is 19.3 Å². The van der Waals surface area contributed by atoms with E-state index < -0.39 is 5.60 Å². The molecule has 0 saturated carbocycles. The molecule has 0 heterocycles. The third-order valence-corrected chi connectivity index (χ3v) is 4.56. The summed E-state index contributed by atoms with van der Waals surface area (Å²) >= 11 is 0. The summed E-state index contributed by atoms with van der Waals surface area (Å²) in [6.45, 7) is 0.0961. The van der Waals surface area contributed by atoms with Gasteiger partial charge in [0.15, 0.2) is 0 Å². The summed E-state index contributed by atoms with van der Waals surface area (Å²) < 4.78 is 17.4. The standard InChI is InChI=1S/C23H24O4/c1-25-20-13-14-21(22(17-20)26-2)23(27-16-15-24,18-9-5-3-6-10-18)19-11-7-4-8-12-19/h3-14,17,24H,15-16H2,1-2H3. The van der Waals surface area contributed by atoms with E-state index >= 15 is 0 Å². The van der Waals surface area contributed by atoms with Crippen LogP contribution in [-0.2, 0) is 10.3 Å². The first-order chi connectivity index (χ1) is 13.3. The Morgan fingerprint density at radius 3 is 1.85 bits per heavy atom. The number of benzene rings is 3. The van der Waals surface area contributed by atoms with Crippen molar-refractivity contribution in [3.63, 3.8) is 0 Å². The lowest BCUT2D eigenvalue weighted by atomic mass is 9.79. The first-order valence-electron chi connectivity index (χ1n) is 8.84. The zero-order chi connectivity index (χ0) is 19.1. The van der Waals surface area contributed by atoms with Gasteiger partial charge in [-0.3, -0.25) is 0 Å². The van der Waals surface area contributed by atoms with Gasteiger partial charge in [0.05, 0.1) is 27.4 Å². The molecule has 0 fully saturated rings. The number of rotatable bonds is 8. The van der Waals surface area contributed by atoms with Gasteiger partial charge in [0.25, 0.3) is 0 Å². The molecule has 3 aromatic rings. The highest BCUT2D eigenvalue weighted by Gasteiger charge is 2.40. The van der Waals surface area contributed by atoms with Crippen molar-refractivity contribution in [2.75, 3.05) is 27.4 Å². The second-order valence-corrected chi connectivity index (χ2v) is 6.05. The van der Waals surface area contributed by atoms with Crippen LogP contribution >= 0.6 is 0 Å². The van der Waals surface area contributed by atoms with Crippen molar-refractivity contribution in [1.82, 2.24) is 0 Å². The Morgan fingerprint density at radius 1 is 0.778 bits per heavy atom. The van der Waals surface area contributed by atoms with Gasteiger partial charge in [0.1, 0.15) is 17.1 Å². The molecule has 0 saturated heterocycles. The van der Waals surface area contributed by atoms with Crippen molar-refractivity contribution >= 4 is 0 Å². The predicted octanol–water partition coefficient (Wildman–Crippen LogP) is 4.00. The smallest absolute Gasteiger partial charge is 0.147 e. The van der Waals surface area contributed by atoms with Crippen molar-refractivity contribution < 1.29 is 19.3 Å². The molecule has 1 N–H and O–H groups in total. The number of hydrogen-bond acceptors (Lipinski definition) is 4. The molecule has 0 atom stereocenters. The Balaban J connectivity index is 2.33. The predicted molar refractivity (Wildman–Crippen MR) is 105 cm³/mol. The van der Waals surface area contributed by atoms with E-state index in [2.05, 4.69) is 0 Å². The highest BCUT2D eigenvalue weighted by Crippen LogP contribution is 2.45. The molecule has 0 aromatic heterocycles. The van der Waals surface area contributed by atoms with Crippen LogP contribution in [0.15, 0.2) is 78.9 Å². The van der Waals surface area contributed by atoms with Crippen LogP contribution in [0.5, 0.6) is 11.5 Å². The summed E-state index contributed by atoms with van der Waals surface area (Å²) in [5.41, 5.74) is 1.82. The van der Waals surface area contributed by atoms with E-state index in [4.69, 9.17) is 14.2 Å². The van der Waals surface area contributed by atoms with Crippen LogP contribution in [0.25, 0.3) is 0 Å². The molecule has 0 bridgehead atoms. The van der Waals surface area contributed by atoms with E-state index in [1.165, 1.54) is 0 Å². The highest BCUT2D eigenvalue weighted by molar-refractivity contribution is 5.54. The molecule has 0 spiro atoms. The maximum atomic E-state index is 9.50. The summed E-state index contributed by atoms with van der Waals surface area (Å²) in [7, 11) is 3.25. The van der Waals surface area contributed by atoms with Gasteiger partial charge in [0, 0.05) is 11.6 Å². The molecule has 0 aliphatic rings. The van der Waals surface area contributed by atoms with E-state index in [1.54, 1.807) is 14.2 Å². The fourth-order valence-electron chi connectivity index (χ4n) is 3.36. The summed E-state index contributed by atoms with van der Waals surface area (Å²) in [6.07, 6.45) is 0. The molecule has 140 valence electrons. The molecule has 0 aliphatic carbocycles. The second-order valence-electron chi connectivity index (χ2n) is 6.05. The van der Waals surface area contributed by atoms with E-state index in [0.717, 1.165) is 16.7 Å². The third kappa shape index (κ3) is 3.68. The van der Waals surface area contributed by atoms with E-state index in [0.29, 0.717) is 11.5 Å². The van der Waals surface area contributed by atoms with E-state index in [-0.39, 0.29) is 13.2 Å². The number of aliphatic hydroxyl groups excluding tert-OH is 1. The quantitative estimate of drug-likeness (QED) is 0.614. The maximum Gasteiger partial charge on any atom is 0.147 e. The van der Waals surface area contributed by atoms with E-state index in [1.807, 2.05) is 78.9 Å². The van der Waals surface area contributed by atoms with Gasteiger partial charge in [0.2, 0.25) is 0 Å². The van der Waals surface area contributed by atoms with Crippen molar-refractivity contribution in [3.05, 3.63) is 95.6 Å². The van der Waals surface area contributed by atoms with Crippen molar-refractivity contribution in [2.24, 2.45) is 0 Å². The Labute approximate surface area is 160 Å². The zero-order valence-electron chi connectivity index (χ0n) is 15.6. The van der Waals surface area contributed by atoms with Crippen LogP contribution in [0.2, 0.25) is 0 Å². The average molecular weight is 364 g/mol. The SMILES string of the molecule is COc1ccc(C(OCCO)(c2ccccc2)c2ccccc2)c(OC)c1. The van der Waals surface area contributed by atoms with Crippen LogP contribution < -0.4 is 9.47 Å². The van der Waals surface area contributed by atoms with Gasteiger partial charge >= 0.3 is 0 Å². The lowest BCUT2D eigenvalue weighted by Gasteiger charge is -2.36. The molecule has 0 radical (unpaired) electrons. The molecule has 0 aliphatic heterocycles. The van der Waals surface area contributed by atoms with Crippen LogP contribution in [0, 0.1) is 0 Å². The van der Waals surface area contributed by atoms with Gasteiger partial charge in [-0.2, -0.15) is 0 Å². The molecule has 3 aromatic carbocycles. The Kier molecular flexibility index (Phi) is 6.12. The van der Waals surface area contributed by atoms with Crippen molar-refractivity contribution in [1.29, 1.82) is 0 Å². The third-order valence-electron chi connectivity index (χ3n) is 4.56. The zero-order valence-corrected chi connectivity index (χ0v) is 15.6. The number of hydrogen-bond donors (Lipinski definition) is 1. The van der Waals surface area contributed by atoms with Crippen molar-refractivity contribution in [2.45, 2.75) is 5.60 Å². The Bertz CT molecular complexity index is 807. The van der Waals surface area contributed by atoms with Gasteiger partial charge in [-0.05, 0) is 23.3 Å². The van der Waals surface area contributed by atoms with Crippen LogP contribution in [0.4, 0.5) is 0 Å². The number of methoxy groups -OCH3 is 2. The van der Waals surface area contributed by atoms with Gasteiger partial charge in [-0.15, -0.1) is 0 Å². The topological polar surface area (TPSA) is 47.9 Å². The summed E-state index contributed by atoms with van der Waals surface area (Å²) in [5.74, 6) is 1.35. The van der Waals surface area contributed by atoms with Gasteiger partial charge in [-0.25, -0.2) is 0 Å². The monoisotopic (exact) mass is 364 g/mol. The Morgan fingerprint density at radius 2 is 1.37 bits per heavy atom.